The van der Waals surface area contributed by atoms with Crippen molar-refractivity contribution >= 4 is 21.6 Å². The van der Waals surface area contributed by atoms with Crippen LogP contribution in [0.3, 0.4) is 0 Å². The Labute approximate surface area is 115 Å². The molecule has 0 saturated heterocycles. The Balaban J connectivity index is 2.06. The van der Waals surface area contributed by atoms with E-state index in [1.807, 2.05) is 42.5 Å². The largest absolute Gasteiger partial charge is 0.495 e. The number of nitrogens with two attached hydrogens (primary N) is 1. The molecule has 0 aliphatic heterocycles. The van der Waals surface area contributed by atoms with Crippen LogP contribution in [0, 0.1) is 0 Å². The molecule has 94 valence electrons. The summed E-state index contributed by atoms with van der Waals surface area (Å²) in [4.78, 5) is 0. The highest BCUT2D eigenvalue weighted by Gasteiger charge is 2.02. The third kappa shape index (κ3) is 3.17. The monoisotopic (exact) mass is 307 g/mol. The summed E-state index contributed by atoms with van der Waals surface area (Å²) in [5, 5.41) is 0. The van der Waals surface area contributed by atoms with E-state index < -0.39 is 0 Å². The third-order valence-corrected chi connectivity index (χ3v) is 2.99. The standard InChI is InChI=1S/C14H14BrNO2/c1-17-14-7-10(5-6-13(14)16)9-18-12-4-2-3-11(15)8-12/h2-8H,9,16H2,1H3. The Morgan fingerprint density at radius 1 is 1.17 bits per heavy atom. The number of benzene rings is 2. The molecule has 0 aliphatic carbocycles. The van der Waals surface area contributed by atoms with E-state index in [0.29, 0.717) is 18.0 Å². The summed E-state index contributed by atoms with van der Waals surface area (Å²) in [5.41, 5.74) is 7.40. The summed E-state index contributed by atoms with van der Waals surface area (Å²) < 4.78 is 11.8. The number of halogens is 1. The number of methoxy groups -OCH3 is 1. The first-order chi connectivity index (χ1) is 8.69. The highest BCUT2D eigenvalue weighted by Crippen LogP contribution is 2.24. The molecule has 0 bridgehead atoms. The van der Waals surface area contributed by atoms with Crippen LogP contribution in [-0.4, -0.2) is 7.11 Å². The average molecular weight is 308 g/mol. The summed E-state index contributed by atoms with van der Waals surface area (Å²) >= 11 is 3.40. The minimum Gasteiger partial charge on any atom is -0.495 e. The van der Waals surface area contributed by atoms with Crippen LogP contribution in [0.25, 0.3) is 0 Å². The minimum atomic E-state index is 0.479. The average Bonchev–Trinajstić information content (AvgIpc) is 2.38. The summed E-state index contributed by atoms with van der Waals surface area (Å²) in [6.45, 7) is 0.479. The fourth-order valence-electron chi connectivity index (χ4n) is 1.57. The molecule has 0 saturated carbocycles. The first-order valence-corrected chi connectivity index (χ1v) is 6.29. The van der Waals surface area contributed by atoms with E-state index in [4.69, 9.17) is 15.2 Å². The Morgan fingerprint density at radius 3 is 2.72 bits per heavy atom. The zero-order valence-corrected chi connectivity index (χ0v) is 11.6. The van der Waals surface area contributed by atoms with Crippen LogP contribution in [0.2, 0.25) is 0 Å². The van der Waals surface area contributed by atoms with Gasteiger partial charge in [0.2, 0.25) is 0 Å². The zero-order chi connectivity index (χ0) is 13.0. The summed E-state index contributed by atoms with van der Waals surface area (Å²) in [5.74, 6) is 1.49. The van der Waals surface area contributed by atoms with E-state index in [1.165, 1.54) is 0 Å². The van der Waals surface area contributed by atoms with E-state index in [1.54, 1.807) is 7.11 Å². The number of rotatable bonds is 4. The molecule has 0 atom stereocenters. The van der Waals surface area contributed by atoms with Crippen molar-refractivity contribution in [2.45, 2.75) is 6.61 Å². The molecule has 2 aromatic rings. The van der Waals surface area contributed by atoms with Gasteiger partial charge in [0.25, 0.3) is 0 Å². The minimum absolute atomic E-state index is 0.479. The Kier molecular flexibility index (Phi) is 4.10. The quantitative estimate of drug-likeness (QED) is 0.877. The van der Waals surface area contributed by atoms with Gasteiger partial charge >= 0.3 is 0 Å². The fourth-order valence-corrected chi connectivity index (χ4v) is 1.95. The Morgan fingerprint density at radius 2 is 2.00 bits per heavy atom. The molecule has 3 nitrogen and oxygen atoms in total. The molecule has 0 fully saturated rings. The maximum Gasteiger partial charge on any atom is 0.142 e. The van der Waals surface area contributed by atoms with Crippen LogP contribution in [0.5, 0.6) is 11.5 Å². The summed E-state index contributed by atoms with van der Waals surface area (Å²) in [6, 6.07) is 13.4. The number of anilines is 1. The molecule has 18 heavy (non-hydrogen) atoms. The first kappa shape index (κ1) is 12.8. The van der Waals surface area contributed by atoms with Gasteiger partial charge in [-0.3, -0.25) is 0 Å². The maximum absolute atomic E-state index is 5.76. The number of nitrogen functional groups attached to an aromatic ring is 1. The van der Waals surface area contributed by atoms with Gasteiger partial charge in [-0.25, -0.2) is 0 Å². The lowest BCUT2D eigenvalue weighted by molar-refractivity contribution is 0.305. The predicted molar refractivity (Wildman–Crippen MR) is 75.9 cm³/mol. The van der Waals surface area contributed by atoms with Gasteiger partial charge in [-0.05, 0) is 35.9 Å². The van der Waals surface area contributed by atoms with Crippen molar-refractivity contribution in [3.05, 3.63) is 52.5 Å². The Hall–Kier alpha value is -1.68. The molecule has 0 unspecified atom stereocenters. The summed E-state index contributed by atoms with van der Waals surface area (Å²) in [6.07, 6.45) is 0. The molecule has 2 aromatic carbocycles. The SMILES string of the molecule is COc1cc(COc2cccc(Br)c2)ccc1N. The molecule has 0 aliphatic rings. The maximum atomic E-state index is 5.76. The van der Waals surface area contributed by atoms with E-state index in [-0.39, 0.29) is 0 Å². The van der Waals surface area contributed by atoms with Gasteiger partial charge in [-0.1, -0.05) is 28.1 Å². The molecule has 0 spiro atoms. The lowest BCUT2D eigenvalue weighted by Crippen LogP contribution is -1.98. The predicted octanol–water partition coefficient (Wildman–Crippen LogP) is 3.62. The van der Waals surface area contributed by atoms with Crippen LogP contribution < -0.4 is 15.2 Å². The van der Waals surface area contributed by atoms with Gasteiger partial charge in [0.05, 0.1) is 12.8 Å². The molecule has 0 amide bonds. The molecule has 4 heteroatoms. The van der Waals surface area contributed by atoms with Crippen molar-refractivity contribution in [1.82, 2.24) is 0 Å². The highest BCUT2D eigenvalue weighted by atomic mass is 79.9. The van der Waals surface area contributed by atoms with Crippen LogP contribution in [0.15, 0.2) is 46.9 Å². The van der Waals surface area contributed by atoms with Crippen LogP contribution in [-0.2, 0) is 6.61 Å². The smallest absolute Gasteiger partial charge is 0.142 e. The second-order valence-corrected chi connectivity index (χ2v) is 4.74. The van der Waals surface area contributed by atoms with E-state index >= 15 is 0 Å². The summed E-state index contributed by atoms with van der Waals surface area (Å²) in [7, 11) is 1.60. The third-order valence-electron chi connectivity index (χ3n) is 2.50. The van der Waals surface area contributed by atoms with E-state index in [2.05, 4.69) is 15.9 Å². The van der Waals surface area contributed by atoms with Gasteiger partial charge in [0, 0.05) is 4.47 Å². The normalized spacial score (nSPS) is 10.1. The van der Waals surface area contributed by atoms with Crippen molar-refractivity contribution < 1.29 is 9.47 Å². The van der Waals surface area contributed by atoms with Crippen LogP contribution in [0.1, 0.15) is 5.56 Å². The number of ether oxygens (including phenoxy) is 2. The Bertz CT molecular complexity index is 543. The molecule has 0 heterocycles. The van der Waals surface area contributed by atoms with Crippen molar-refractivity contribution in [2.24, 2.45) is 0 Å². The van der Waals surface area contributed by atoms with E-state index in [9.17, 15) is 0 Å². The lowest BCUT2D eigenvalue weighted by atomic mass is 10.2. The zero-order valence-electron chi connectivity index (χ0n) is 10.0. The first-order valence-electron chi connectivity index (χ1n) is 5.50. The van der Waals surface area contributed by atoms with Crippen molar-refractivity contribution in [2.75, 3.05) is 12.8 Å². The molecule has 2 N–H and O–H groups in total. The van der Waals surface area contributed by atoms with Crippen molar-refractivity contribution in [3.63, 3.8) is 0 Å². The lowest BCUT2D eigenvalue weighted by Gasteiger charge is -2.09. The van der Waals surface area contributed by atoms with Gasteiger partial charge in [0.1, 0.15) is 18.1 Å². The van der Waals surface area contributed by atoms with Gasteiger partial charge in [-0.15, -0.1) is 0 Å². The van der Waals surface area contributed by atoms with Crippen molar-refractivity contribution in [3.8, 4) is 11.5 Å². The van der Waals surface area contributed by atoms with Gasteiger partial charge < -0.3 is 15.2 Å². The number of hydrogen-bond acceptors (Lipinski definition) is 3. The van der Waals surface area contributed by atoms with Crippen LogP contribution in [0.4, 0.5) is 5.69 Å². The van der Waals surface area contributed by atoms with Crippen molar-refractivity contribution in [1.29, 1.82) is 0 Å². The molecular formula is C14H14BrNO2. The van der Waals surface area contributed by atoms with E-state index in [0.717, 1.165) is 15.8 Å². The molecule has 0 aromatic heterocycles. The highest BCUT2D eigenvalue weighted by molar-refractivity contribution is 9.10. The van der Waals surface area contributed by atoms with Gasteiger partial charge in [-0.2, -0.15) is 0 Å². The van der Waals surface area contributed by atoms with Crippen LogP contribution >= 0.6 is 15.9 Å². The molecule has 2 rings (SSSR count). The fraction of sp³-hybridized carbons (Fsp3) is 0.143. The topological polar surface area (TPSA) is 44.5 Å². The number of hydrogen-bond donors (Lipinski definition) is 1. The second kappa shape index (κ2) is 5.78. The second-order valence-electron chi connectivity index (χ2n) is 3.82. The molecular weight excluding hydrogens is 294 g/mol. The molecule has 0 radical (unpaired) electrons. The van der Waals surface area contributed by atoms with Gasteiger partial charge in [0.15, 0.2) is 0 Å².